The van der Waals surface area contributed by atoms with Crippen LogP contribution < -0.4 is 5.32 Å². The number of fused-ring (bicyclic) bond motifs is 1. The number of nitrogens with one attached hydrogen (secondary N) is 1. The zero-order valence-corrected chi connectivity index (χ0v) is 23.2. The molecular formula is C29H32Cl2N4O3. The molecule has 0 aliphatic carbocycles. The highest BCUT2D eigenvalue weighted by Crippen LogP contribution is 2.34. The molecule has 1 unspecified atom stereocenters. The number of halogens is 2. The lowest BCUT2D eigenvalue weighted by atomic mass is 9.97. The third-order valence-electron chi connectivity index (χ3n) is 7.46. The van der Waals surface area contributed by atoms with Gasteiger partial charge in [-0.05, 0) is 80.6 Å². The van der Waals surface area contributed by atoms with Gasteiger partial charge in [-0.3, -0.25) is 9.48 Å². The summed E-state index contributed by atoms with van der Waals surface area (Å²) in [4.78, 5) is 27.7. The van der Waals surface area contributed by atoms with Gasteiger partial charge in [0.1, 0.15) is 0 Å². The average Bonchev–Trinajstić information content (AvgIpc) is 3.32. The van der Waals surface area contributed by atoms with Crippen LogP contribution in [0, 0.1) is 0 Å². The summed E-state index contributed by atoms with van der Waals surface area (Å²) in [6.07, 6.45) is 6.04. The van der Waals surface area contributed by atoms with E-state index in [0.29, 0.717) is 23.1 Å². The number of nitrogens with zero attached hydrogens (tertiary/aromatic N) is 3. The quantitative estimate of drug-likeness (QED) is 0.384. The van der Waals surface area contributed by atoms with Crippen LogP contribution in [-0.2, 0) is 9.53 Å². The largest absolute Gasteiger partial charge is 0.461 e. The second-order valence-electron chi connectivity index (χ2n) is 9.85. The minimum absolute atomic E-state index is 0.0631. The van der Waals surface area contributed by atoms with E-state index in [1.165, 1.54) is 5.57 Å². The number of esters is 1. The summed E-state index contributed by atoms with van der Waals surface area (Å²) in [5.41, 5.74) is 4.17. The van der Waals surface area contributed by atoms with E-state index < -0.39 is 5.97 Å². The van der Waals surface area contributed by atoms with E-state index in [-0.39, 0.29) is 30.3 Å². The fourth-order valence-corrected chi connectivity index (χ4v) is 5.94. The van der Waals surface area contributed by atoms with Crippen LogP contribution in [0.3, 0.4) is 0 Å². The lowest BCUT2D eigenvalue weighted by Gasteiger charge is -2.32. The highest BCUT2D eigenvalue weighted by atomic mass is 35.5. The van der Waals surface area contributed by atoms with Crippen LogP contribution in [0.25, 0.3) is 16.5 Å². The number of carbonyl (C=O) groups excluding carboxylic acids is 2. The Labute approximate surface area is 232 Å². The lowest BCUT2D eigenvalue weighted by molar-refractivity contribution is -0.133. The maximum Gasteiger partial charge on any atom is 0.359 e. The van der Waals surface area contributed by atoms with Gasteiger partial charge in [0, 0.05) is 28.5 Å². The molecule has 1 aromatic heterocycles. The minimum atomic E-state index is -0.458. The van der Waals surface area contributed by atoms with Gasteiger partial charge in [0.05, 0.1) is 24.2 Å². The Hall–Kier alpha value is -2.87. The summed E-state index contributed by atoms with van der Waals surface area (Å²) in [5, 5.41) is 9.87. The van der Waals surface area contributed by atoms with Crippen molar-refractivity contribution >= 4 is 51.6 Å². The van der Waals surface area contributed by atoms with Gasteiger partial charge in [0.25, 0.3) is 0 Å². The van der Waals surface area contributed by atoms with Crippen molar-refractivity contribution in [3.8, 4) is 0 Å². The summed E-state index contributed by atoms with van der Waals surface area (Å²) in [5.74, 6) is -0.262. The molecule has 0 saturated carbocycles. The van der Waals surface area contributed by atoms with Crippen molar-refractivity contribution in [1.29, 1.82) is 0 Å². The molecule has 0 radical (unpaired) electrons. The number of amides is 1. The summed E-state index contributed by atoms with van der Waals surface area (Å²) in [6.45, 7) is 6.22. The van der Waals surface area contributed by atoms with E-state index in [1.54, 1.807) is 19.1 Å². The molecule has 2 atom stereocenters. The third-order valence-corrected chi connectivity index (χ3v) is 8.02. The van der Waals surface area contributed by atoms with Gasteiger partial charge in [-0.25, -0.2) is 4.79 Å². The van der Waals surface area contributed by atoms with Gasteiger partial charge in [0.2, 0.25) is 5.91 Å². The molecule has 7 nitrogen and oxygen atoms in total. The number of carbonyl (C=O) groups is 2. The van der Waals surface area contributed by atoms with Gasteiger partial charge in [-0.15, -0.1) is 0 Å². The summed E-state index contributed by atoms with van der Waals surface area (Å²) < 4.78 is 7.12. The molecular weight excluding hydrogens is 523 g/mol. The highest BCUT2D eigenvalue weighted by Gasteiger charge is 2.28. The molecule has 0 bridgehead atoms. The molecule has 2 aromatic carbocycles. The molecule has 3 heterocycles. The molecule has 1 fully saturated rings. The Bertz CT molecular complexity index is 1390. The molecule has 1 amide bonds. The zero-order chi connectivity index (χ0) is 26.8. The van der Waals surface area contributed by atoms with E-state index in [2.05, 4.69) is 17.5 Å². The fraction of sp³-hybridized carbons (Fsp3) is 0.414. The Morgan fingerprint density at radius 1 is 1.18 bits per heavy atom. The number of aromatic nitrogens is 2. The highest BCUT2D eigenvalue weighted by molar-refractivity contribution is 6.35. The topological polar surface area (TPSA) is 76.5 Å². The first kappa shape index (κ1) is 26.7. The number of ether oxygens (including phenoxy) is 1. The van der Waals surface area contributed by atoms with Crippen LogP contribution >= 0.6 is 23.2 Å². The van der Waals surface area contributed by atoms with Crippen molar-refractivity contribution in [2.24, 2.45) is 0 Å². The van der Waals surface area contributed by atoms with Gasteiger partial charge in [-0.1, -0.05) is 47.8 Å². The molecule has 1 saturated heterocycles. The van der Waals surface area contributed by atoms with Crippen molar-refractivity contribution in [3.63, 3.8) is 0 Å². The van der Waals surface area contributed by atoms with Gasteiger partial charge in [-0.2, -0.15) is 5.10 Å². The molecule has 38 heavy (non-hydrogen) atoms. The maximum absolute atomic E-state index is 13.0. The van der Waals surface area contributed by atoms with Gasteiger partial charge >= 0.3 is 5.97 Å². The van der Waals surface area contributed by atoms with Crippen molar-refractivity contribution in [2.75, 3.05) is 26.2 Å². The second-order valence-corrected chi connectivity index (χ2v) is 10.7. The van der Waals surface area contributed by atoms with Crippen LogP contribution in [0.15, 0.2) is 42.5 Å². The molecule has 2 aliphatic heterocycles. The standard InChI is InChI=1S/C29H32Cl2N4O3/c1-3-38-29(37)27-23-9-7-20(19-11-14-34(15-12-19)28(36)25-6-4-5-13-32-25)16-26(23)35(33-27)18(2)22-10-8-21(30)17-24(22)31/h7-11,16-18,25,32H,3-6,12-15H2,1-2H3/t18?,25-/m1/s1. The monoisotopic (exact) mass is 554 g/mol. The number of piperidine rings is 1. The van der Waals surface area contributed by atoms with Crippen LogP contribution in [0.4, 0.5) is 0 Å². The number of hydrogen-bond acceptors (Lipinski definition) is 5. The Morgan fingerprint density at radius 2 is 2.03 bits per heavy atom. The first-order chi connectivity index (χ1) is 18.4. The Kier molecular flexibility index (Phi) is 8.07. The van der Waals surface area contributed by atoms with E-state index in [9.17, 15) is 9.59 Å². The molecule has 200 valence electrons. The minimum Gasteiger partial charge on any atom is -0.461 e. The van der Waals surface area contributed by atoms with Crippen LogP contribution in [0.5, 0.6) is 0 Å². The summed E-state index contributed by atoms with van der Waals surface area (Å²) in [6, 6.07) is 11.1. The number of rotatable bonds is 6. The molecule has 2 aliphatic rings. The molecule has 0 spiro atoms. The smallest absolute Gasteiger partial charge is 0.359 e. The normalized spacial score (nSPS) is 18.8. The fourth-order valence-electron chi connectivity index (χ4n) is 5.37. The first-order valence-corrected chi connectivity index (χ1v) is 14.0. The van der Waals surface area contributed by atoms with Crippen molar-refractivity contribution in [2.45, 2.75) is 51.6 Å². The molecule has 3 aromatic rings. The maximum atomic E-state index is 13.0. The average molecular weight is 556 g/mol. The molecule has 1 N–H and O–H groups in total. The summed E-state index contributed by atoms with van der Waals surface area (Å²) >= 11 is 12.7. The predicted molar refractivity (Wildman–Crippen MR) is 151 cm³/mol. The van der Waals surface area contributed by atoms with Gasteiger partial charge < -0.3 is 15.0 Å². The second kappa shape index (κ2) is 11.5. The summed E-state index contributed by atoms with van der Waals surface area (Å²) in [7, 11) is 0. The Morgan fingerprint density at radius 3 is 2.71 bits per heavy atom. The van der Waals surface area contributed by atoms with E-state index in [1.807, 2.05) is 34.7 Å². The number of hydrogen-bond donors (Lipinski definition) is 1. The number of benzene rings is 2. The lowest BCUT2D eigenvalue weighted by Crippen LogP contribution is -2.49. The van der Waals surface area contributed by atoms with Crippen LogP contribution in [0.2, 0.25) is 10.0 Å². The van der Waals surface area contributed by atoms with Crippen molar-refractivity contribution in [1.82, 2.24) is 20.0 Å². The van der Waals surface area contributed by atoms with Crippen molar-refractivity contribution < 1.29 is 14.3 Å². The van der Waals surface area contributed by atoms with Crippen LogP contribution in [-0.4, -0.2) is 58.8 Å². The molecule has 5 rings (SSSR count). The Balaban J connectivity index is 1.47. The molecule has 9 heteroatoms. The van der Waals surface area contributed by atoms with Crippen LogP contribution in [0.1, 0.15) is 67.2 Å². The zero-order valence-electron chi connectivity index (χ0n) is 21.7. The van der Waals surface area contributed by atoms with E-state index in [4.69, 9.17) is 33.0 Å². The van der Waals surface area contributed by atoms with Crippen molar-refractivity contribution in [3.05, 3.63) is 69.3 Å². The predicted octanol–water partition coefficient (Wildman–Crippen LogP) is 5.89. The third kappa shape index (κ3) is 5.33. The van der Waals surface area contributed by atoms with E-state index in [0.717, 1.165) is 54.3 Å². The van der Waals surface area contributed by atoms with Gasteiger partial charge in [0.15, 0.2) is 5.69 Å². The first-order valence-electron chi connectivity index (χ1n) is 13.2. The SMILES string of the molecule is CCOC(=O)c1nn(C(C)c2ccc(Cl)cc2Cl)c2cc(C3=CCN(C(=O)[C@H]4CCCCN4)CC3)ccc12. The van der Waals surface area contributed by atoms with E-state index >= 15 is 0 Å².